The van der Waals surface area contributed by atoms with Gasteiger partial charge in [-0.05, 0) is 37.8 Å². The molecule has 3 heterocycles. The van der Waals surface area contributed by atoms with Crippen LogP contribution >= 0.6 is 11.3 Å². The lowest BCUT2D eigenvalue weighted by atomic mass is 9.99. The fraction of sp³-hybridized carbons (Fsp3) is 0.381. The summed E-state index contributed by atoms with van der Waals surface area (Å²) in [6.07, 6.45) is 3.74. The minimum Gasteiger partial charge on any atom is -0.493 e. The van der Waals surface area contributed by atoms with Gasteiger partial charge in [0, 0.05) is 29.9 Å². The summed E-state index contributed by atoms with van der Waals surface area (Å²) in [5.74, 6) is 0.349. The lowest BCUT2D eigenvalue weighted by Crippen LogP contribution is -2.40. The number of benzene rings is 1. The molecule has 0 bridgehead atoms. The van der Waals surface area contributed by atoms with Crippen molar-refractivity contribution in [1.29, 1.82) is 0 Å². The molecule has 1 amide bonds. The number of likely N-dealkylation sites (tertiary alicyclic amines) is 1. The molecule has 0 unspecified atom stereocenters. The van der Waals surface area contributed by atoms with E-state index in [1.807, 2.05) is 31.2 Å². The first kappa shape index (κ1) is 18.7. The number of carbonyl (C=O) groups excluding carboxylic acids is 1. The Balaban J connectivity index is 1.60. The minimum atomic E-state index is -0.330. The zero-order valence-corrected chi connectivity index (χ0v) is 16.8. The maximum absolute atomic E-state index is 12.6. The summed E-state index contributed by atoms with van der Waals surface area (Å²) in [6.45, 7) is 5.39. The second-order valence-electron chi connectivity index (χ2n) is 7.48. The van der Waals surface area contributed by atoms with Crippen LogP contribution in [0.4, 0.5) is 5.69 Å². The first-order valence-corrected chi connectivity index (χ1v) is 10.3. The van der Waals surface area contributed by atoms with Crippen molar-refractivity contribution in [3.05, 3.63) is 44.4 Å². The molecule has 1 fully saturated rings. The molecule has 1 aromatic heterocycles. The molecule has 2 aliphatic heterocycles. The number of para-hydroxylation sites is 1. The Bertz CT molecular complexity index is 1040. The number of piperidine rings is 1. The van der Waals surface area contributed by atoms with E-state index >= 15 is 0 Å². The van der Waals surface area contributed by atoms with E-state index in [1.165, 1.54) is 4.57 Å². The highest BCUT2D eigenvalue weighted by atomic mass is 32.1. The van der Waals surface area contributed by atoms with Crippen molar-refractivity contribution in [3.8, 4) is 5.88 Å². The van der Waals surface area contributed by atoms with Crippen LogP contribution in [0.25, 0.3) is 11.6 Å². The zero-order chi connectivity index (χ0) is 19.8. The second kappa shape index (κ2) is 7.39. The molecule has 146 valence electrons. The van der Waals surface area contributed by atoms with Gasteiger partial charge < -0.3 is 10.0 Å². The van der Waals surface area contributed by atoms with Crippen LogP contribution in [-0.4, -0.2) is 39.3 Å². The number of amides is 1. The van der Waals surface area contributed by atoms with E-state index in [1.54, 1.807) is 11.0 Å². The van der Waals surface area contributed by atoms with Crippen LogP contribution in [0.5, 0.6) is 5.88 Å². The van der Waals surface area contributed by atoms with Crippen LogP contribution < -0.4 is 4.87 Å². The van der Waals surface area contributed by atoms with Crippen molar-refractivity contribution in [3.63, 3.8) is 0 Å². The Morgan fingerprint density at radius 2 is 2.04 bits per heavy atom. The van der Waals surface area contributed by atoms with Gasteiger partial charge in [0.05, 0.1) is 10.6 Å². The molecule has 1 aromatic carbocycles. The number of rotatable bonds is 3. The summed E-state index contributed by atoms with van der Waals surface area (Å²) >= 11 is 0.949. The molecule has 7 heteroatoms. The molecule has 0 aliphatic carbocycles. The van der Waals surface area contributed by atoms with Gasteiger partial charge in [0.1, 0.15) is 6.54 Å². The average molecular weight is 398 g/mol. The summed E-state index contributed by atoms with van der Waals surface area (Å²) in [4.78, 5) is 31.4. The number of carbonyl (C=O) groups is 1. The standard InChI is InChI=1S/C21H23N3O3S/c1-13-7-9-23(10-8-13)19(25)12-24-20(26)18(28-21(24)27)11-16-14(2)22-17-6-4-3-5-15(16)17/h3-6,11,13,26H,7-10,12H2,1-2H3. The topological polar surface area (TPSA) is 74.9 Å². The number of nitrogens with zero attached hydrogens (tertiary/aromatic N) is 3. The Morgan fingerprint density at radius 1 is 1.32 bits per heavy atom. The van der Waals surface area contributed by atoms with E-state index in [-0.39, 0.29) is 23.2 Å². The van der Waals surface area contributed by atoms with Gasteiger partial charge in [-0.1, -0.05) is 36.5 Å². The smallest absolute Gasteiger partial charge is 0.311 e. The second-order valence-corrected chi connectivity index (χ2v) is 8.47. The zero-order valence-electron chi connectivity index (χ0n) is 16.0. The normalized spacial score (nSPS) is 18.4. The van der Waals surface area contributed by atoms with Gasteiger partial charge in [0.2, 0.25) is 11.8 Å². The molecule has 1 saturated heterocycles. The molecular weight excluding hydrogens is 374 g/mol. The number of aromatic nitrogens is 1. The molecule has 0 saturated carbocycles. The van der Waals surface area contributed by atoms with Crippen molar-refractivity contribution in [1.82, 2.24) is 9.47 Å². The van der Waals surface area contributed by atoms with Crippen molar-refractivity contribution in [2.24, 2.45) is 10.9 Å². The molecule has 1 N–H and O–H groups in total. The van der Waals surface area contributed by atoms with Gasteiger partial charge in [-0.15, -0.1) is 0 Å². The third-order valence-corrected chi connectivity index (χ3v) is 6.39. The van der Waals surface area contributed by atoms with Crippen LogP contribution in [0.15, 0.2) is 34.1 Å². The van der Waals surface area contributed by atoms with Crippen LogP contribution in [0.1, 0.15) is 37.1 Å². The minimum absolute atomic E-state index is 0.120. The van der Waals surface area contributed by atoms with Crippen LogP contribution in [0.2, 0.25) is 0 Å². The van der Waals surface area contributed by atoms with Crippen molar-refractivity contribution >= 4 is 40.3 Å². The molecule has 6 nitrogen and oxygen atoms in total. The van der Waals surface area contributed by atoms with Gasteiger partial charge in [-0.2, -0.15) is 0 Å². The molecule has 2 aliphatic rings. The summed E-state index contributed by atoms with van der Waals surface area (Å²) in [5, 5.41) is 10.6. The summed E-state index contributed by atoms with van der Waals surface area (Å²) in [6, 6.07) is 7.77. The largest absolute Gasteiger partial charge is 0.493 e. The quantitative estimate of drug-likeness (QED) is 0.861. The Kier molecular flexibility index (Phi) is 4.93. The SMILES string of the molecule is CC1=Nc2ccccc2C1=Cc1sc(=O)n(CC(=O)N2CCC(C)CC2)c1O. The summed E-state index contributed by atoms with van der Waals surface area (Å²) < 4.78 is 1.17. The fourth-order valence-electron chi connectivity index (χ4n) is 3.69. The predicted octanol–water partition coefficient (Wildman–Crippen LogP) is 3.52. The maximum atomic E-state index is 12.6. The first-order chi connectivity index (χ1) is 13.4. The van der Waals surface area contributed by atoms with E-state index in [4.69, 9.17) is 0 Å². The Labute approximate surface area is 167 Å². The van der Waals surface area contributed by atoms with E-state index in [0.29, 0.717) is 23.9 Å². The number of fused-ring (bicyclic) bond motifs is 1. The highest BCUT2D eigenvalue weighted by Crippen LogP contribution is 2.37. The highest BCUT2D eigenvalue weighted by molar-refractivity contribution is 7.10. The van der Waals surface area contributed by atoms with E-state index in [2.05, 4.69) is 11.9 Å². The lowest BCUT2D eigenvalue weighted by Gasteiger charge is -2.30. The van der Waals surface area contributed by atoms with Crippen LogP contribution in [0, 0.1) is 5.92 Å². The lowest BCUT2D eigenvalue weighted by molar-refractivity contribution is -0.133. The number of hydrogen-bond acceptors (Lipinski definition) is 5. The van der Waals surface area contributed by atoms with Crippen molar-refractivity contribution in [2.75, 3.05) is 13.1 Å². The highest BCUT2D eigenvalue weighted by Gasteiger charge is 2.24. The maximum Gasteiger partial charge on any atom is 0.311 e. The molecule has 4 rings (SSSR count). The monoisotopic (exact) mass is 397 g/mol. The Hall–Kier alpha value is -2.67. The van der Waals surface area contributed by atoms with Crippen molar-refractivity contribution in [2.45, 2.75) is 33.2 Å². The van der Waals surface area contributed by atoms with Crippen LogP contribution in [0.3, 0.4) is 0 Å². The average Bonchev–Trinajstić information content (AvgIpc) is 3.13. The summed E-state index contributed by atoms with van der Waals surface area (Å²) in [5.41, 5.74) is 3.58. The van der Waals surface area contributed by atoms with Gasteiger partial charge in [-0.3, -0.25) is 19.1 Å². The fourth-order valence-corrected chi connectivity index (χ4v) is 4.52. The summed E-state index contributed by atoms with van der Waals surface area (Å²) in [7, 11) is 0. The van der Waals surface area contributed by atoms with Gasteiger partial charge in [0.15, 0.2) is 0 Å². The van der Waals surface area contributed by atoms with Crippen LogP contribution in [-0.2, 0) is 11.3 Å². The Morgan fingerprint density at radius 3 is 2.79 bits per heavy atom. The van der Waals surface area contributed by atoms with Gasteiger partial charge in [-0.25, -0.2) is 0 Å². The van der Waals surface area contributed by atoms with E-state index in [9.17, 15) is 14.7 Å². The molecular formula is C21H23N3O3S. The number of thiazole rings is 1. The third-order valence-electron chi connectivity index (χ3n) is 5.47. The molecule has 0 radical (unpaired) electrons. The van der Waals surface area contributed by atoms with Crippen molar-refractivity contribution < 1.29 is 9.90 Å². The first-order valence-electron chi connectivity index (χ1n) is 9.51. The predicted molar refractivity (Wildman–Crippen MR) is 112 cm³/mol. The van der Waals surface area contributed by atoms with E-state index < -0.39 is 0 Å². The molecule has 0 atom stereocenters. The number of hydrogen-bond donors (Lipinski definition) is 1. The molecule has 0 spiro atoms. The molecule has 2 aromatic rings. The van der Waals surface area contributed by atoms with Gasteiger partial charge >= 0.3 is 4.87 Å². The number of aliphatic imine (C=N–C) groups is 1. The number of aromatic hydroxyl groups is 1. The number of allylic oxidation sites excluding steroid dienone is 1. The third kappa shape index (κ3) is 3.42. The van der Waals surface area contributed by atoms with Gasteiger partial charge in [0.25, 0.3) is 0 Å². The molecule has 28 heavy (non-hydrogen) atoms. The van der Waals surface area contributed by atoms with E-state index in [0.717, 1.165) is 46.7 Å².